The van der Waals surface area contributed by atoms with Crippen LogP contribution in [0.4, 0.5) is 0 Å². The summed E-state index contributed by atoms with van der Waals surface area (Å²) in [6, 6.07) is 14.9. The summed E-state index contributed by atoms with van der Waals surface area (Å²) in [7, 11) is 1.61. The third-order valence-corrected chi connectivity index (χ3v) is 6.15. The minimum absolute atomic E-state index is 0.129. The van der Waals surface area contributed by atoms with Crippen molar-refractivity contribution in [3.05, 3.63) is 58.6 Å². The molecule has 0 radical (unpaired) electrons. The number of nitriles is 1. The van der Waals surface area contributed by atoms with Gasteiger partial charge in [-0.25, -0.2) is 4.79 Å². The van der Waals surface area contributed by atoms with Crippen LogP contribution >= 0.6 is 0 Å². The monoisotopic (exact) mass is 478 g/mol. The number of aromatic nitrogens is 1. The Kier molecular flexibility index (Phi) is 7.98. The Balaban J connectivity index is 1.46. The van der Waals surface area contributed by atoms with Crippen LogP contribution in [0.3, 0.4) is 0 Å². The lowest BCUT2D eigenvalue weighted by Gasteiger charge is -2.18. The molecule has 9 heteroatoms. The lowest BCUT2D eigenvalue weighted by atomic mass is 10.0. The highest BCUT2D eigenvalue weighted by atomic mass is 16.5. The average molecular weight is 479 g/mol. The van der Waals surface area contributed by atoms with Gasteiger partial charge >= 0.3 is 5.76 Å². The molecule has 1 amide bonds. The molecule has 0 bridgehead atoms. The Bertz CT molecular complexity index is 1250. The molecule has 1 fully saturated rings. The number of amides is 1. The van der Waals surface area contributed by atoms with Gasteiger partial charge in [-0.05, 0) is 48.7 Å². The summed E-state index contributed by atoms with van der Waals surface area (Å²) < 4.78 is 17.8. The Morgan fingerprint density at radius 2 is 2.06 bits per heavy atom. The number of rotatable bonds is 8. The second kappa shape index (κ2) is 11.3. The largest absolute Gasteiger partial charge is 0.420 e. The summed E-state index contributed by atoms with van der Waals surface area (Å²) in [6.45, 7) is 4.07. The fourth-order valence-corrected chi connectivity index (χ4v) is 4.09. The highest BCUT2D eigenvalue weighted by Crippen LogP contribution is 2.25. The van der Waals surface area contributed by atoms with Crippen molar-refractivity contribution >= 4 is 17.0 Å². The average Bonchev–Trinajstić information content (AvgIpc) is 3.04. The molecule has 9 nitrogen and oxygen atoms in total. The number of nitrogens with one attached hydrogen (secondary N) is 2. The van der Waals surface area contributed by atoms with Crippen LogP contribution in [-0.2, 0) is 27.2 Å². The topological polar surface area (TPSA) is 119 Å². The van der Waals surface area contributed by atoms with Gasteiger partial charge in [0.15, 0.2) is 5.58 Å². The van der Waals surface area contributed by atoms with Crippen molar-refractivity contribution in [2.45, 2.75) is 44.6 Å². The van der Waals surface area contributed by atoms with Crippen molar-refractivity contribution in [3.63, 3.8) is 0 Å². The molecular formula is C26H30N4O5. The summed E-state index contributed by atoms with van der Waals surface area (Å²) in [5, 5.41) is 15.5. The number of hydrogen-bond acceptors (Lipinski definition) is 7. The molecule has 1 aromatic heterocycles. The predicted molar refractivity (Wildman–Crippen MR) is 131 cm³/mol. The van der Waals surface area contributed by atoms with Crippen LogP contribution in [0.5, 0.6) is 0 Å². The van der Waals surface area contributed by atoms with Gasteiger partial charge in [-0.1, -0.05) is 30.3 Å². The van der Waals surface area contributed by atoms with Crippen LogP contribution in [0, 0.1) is 11.3 Å². The van der Waals surface area contributed by atoms with E-state index in [1.807, 2.05) is 43.3 Å². The van der Waals surface area contributed by atoms with E-state index in [0.717, 1.165) is 29.7 Å². The molecule has 2 N–H and O–H groups in total. The molecule has 35 heavy (non-hydrogen) atoms. The van der Waals surface area contributed by atoms with Gasteiger partial charge in [0, 0.05) is 26.7 Å². The van der Waals surface area contributed by atoms with Gasteiger partial charge in [-0.15, -0.1) is 0 Å². The van der Waals surface area contributed by atoms with Crippen LogP contribution in [0.15, 0.2) is 51.7 Å². The predicted octanol–water partition coefficient (Wildman–Crippen LogP) is 2.23. The molecule has 2 aromatic carbocycles. The van der Waals surface area contributed by atoms with Crippen LogP contribution in [0.25, 0.3) is 22.2 Å². The Hall–Kier alpha value is -3.45. The zero-order valence-electron chi connectivity index (χ0n) is 20.0. The number of fused-ring (bicyclic) bond motifs is 1. The Morgan fingerprint density at radius 3 is 2.80 bits per heavy atom. The van der Waals surface area contributed by atoms with E-state index >= 15 is 0 Å². The first kappa shape index (κ1) is 24.7. The summed E-state index contributed by atoms with van der Waals surface area (Å²) in [5.74, 6) is -0.684. The summed E-state index contributed by atoms with van der Waals surface area (Å²) in [4.78, 5) is 24.8. The van der Waals surface area contributed by atoms with Crippen molar-refractivity contribution in [3.8, 4) is 17.2 Å². The van der Waals surface area contributed by atoms with Crippen LogP contribution in [0.2, 0.25) is 0 Å². The minimum Gasteiger partial charge on any atom is -0.408 e. The first-order chi connectivity index (χ1) is 17.0. The summed E-state index contributed by atoms with van der Waals surface area (Å²) >= 11 is 0. The number of ether oxygens (including phenoxy) is 2. The fraction of sp³-hybridized carbons (Fsp3) is 0.423. The Morgan fingerprint density at radius 1 is 1.29 bits per heavy atom. The molecule has 3 aromatic rings. The molecule has 0 unspecified atom stereocenters. The molecule has 0 saturated carbocycles. The lowest BCUT2D eigenvalue weighted by Crippen LogP contribution is -2.46. The number of oxazole rings is 1. The maximum absolute atomic E-state index is 12.5. The van der Waals surface area contributed by atoms with Crippen molar-refractivity contribution in [2.75, 3.05) is 26.8 Å². The number of methoxy groups -OCH3 is 1. The number of benzene rings is 2. The maximum atomic E-state index is 12.5. The zero-order valence-corrected chi connectivity index (χ0v) is 20.0. The third-order valence-electron chi connectivity index (χ3n) is 6.15. The number of nitrogens with zero attached hydrogens (tertiary/aromatic N) is 2. The van der Waals surface area contributed by atoms with Gasteiger partial charge in [-0.3, -0.25) is 9.36 Å². The molecule has 1 aliphatic rings. The van der Waals surface area contributed by atoms with Crippen molar-refractivity contribution in [1.29, 1.82) is 5.26 Å². The quantitative estimate of drug-likeness (QED) is 0.510. The van der Waals surface area contributed by atoms with E-state index in [1.54, 1.807) is 17.7 Å². The number of carbonyl (C=O) groups excluding carboxylic acids is 1. The molecule has 1 saturated heterocycles. The SMILES string of the molecule is CO[C@H](C)Cn1c(=O)oc2ccc(-c3ccc(C[C@@H](C#N)NC(=O)[C@@H]4CNCCCO4)cc3)cc21. The summed E-state index contributed by atoms with van der Waals surface area (Å²) in [5.41, 5.74) is 4.07. The second-order valence-electron chi connectivity index (χ2n) is 8.72. The van der Waals surface area contributed by atoms with Gasteiger partial charge < -0.3 is 24.5 Å². The van der Waals surface area contributed by atoms with Crippen molar-refractivity contribution in [1.82, 2.24) is 15.2 Å². The minimum atomic E-state index is -0.653. The first-order valence-electron chi connectivity index (χ1n) is 11.8. The Labute approximate surface area is 203 Å². The molecule has 4 rings (SSSR count). The van der Waals surface area contributed by atoms with E-state index in [4.69, 9.17) is 13.9 Å². The van der Waals surface area contributed by atoms with Gasteiger partial charge in [0.2, 0.25) is 0 Å². The van der Waals surface area contributed by atoms with E-state index in [9.17, 15) is 14.9 Å². The highest BCUT2D eigenvalue weighted by Gasteiger charge is 2.23. The van der Waals surface area contributed by atoms with E-state index in [1.165, 1.54) is 0 Å². The highest BCUT2D eigenvalue weighted by molar-refractivity contribution is 5.82. The van der Waals surface area contributed by atoms with Gasteiger partial charge in [0.25, 0.3) is 5.91 Å². The van der Waals surface area contributed by atoms with Crippen LogP contribution in [-0.4, -0.2) is 55.5 Å². The number of hydrogen-bond donors (Lipinski definition) is 2. The molecule has 184 valence electrons. The standard InChI is InChI=1S/C26H30N4O5/c1-17(33-2)16-30-22-13-20(8-9-23(22)35-26(30)32)19-6-4-18(5-7-19)12-21(14-27)29-25(31)24-15-28-10-3-11-34-24/h4-9,13,17,21,24,28H,3,10-12,15-16H2,1-2H3,(H,29,31)/t17-,21+,24+/m1/s1. The molecule has 0 aliphatic carbocycles. The fourth-order valence-electron chi connectivity index (χ4n) is 4.09. The first-order valence-corrected chi connectivity index (χ1v) is 11.8. The molecule has 2 heterocycles. The third kappa shape index (κ3) is 5.98. The summed E-state index contributed by atoms with van der Waals surface area (Å²) in [6.07, 6.45) is 0.529. The van der Waals surface area contributed by atoms with E-state index in [2.05, 4.69) is 16.7 Å². The zero-order chi connectivity index (χ0) is 24.8. The van der Waals surface area contributed by atoms with Gasteiger partial charge in [0.1, 0.15) is 12.1 Å². The van der Waals surface area contributed by atoms with Gasteiger partial charge in [-0.2, -0.15) is 5.26 Å². The maximum Gasteiger partial charge on any atom is 0.420 e. The molecular weight excluding hydrogens is 448 g/mol. The van der Waals surface area contributed by atoms with Crippen LogP contribution in [0.1, 0.15) is 18.9 Å². The van der Waals surface area contributed by atoms with E-state index in [0.29, 0.717) is 37.2 Å². The molecule has 1 aliphatic heterocycles. The molecule has 0 spiro atoms. The second-order valence-corrected chi connectivity index (χ2v) is 8.72. The smallest absolute Gasteiger partial charge is 0.408 e. The lowest BCUT2D eigenvalue weighted by molar-refractivity contribution is -0.132. The van der Waals surface area contributed by atoms with Gasteiger partial charge in [0.05, 0.1) is 24.2 Å². The normalized spacial score (nSPS) is 17.9. The van der Waals surface area contributed by atoms with E-state index in [-0.39, 0.29) is 12.0 Å². The van der Waals surface area contributed by atoms with E-state index < -0.39 is 17.9 Å². The van der Waals surface area contributed by atoms with Crippen molar-refractivity contribution < 1.29 is 18.7 Å². The van der Waals surface area contributed by atoms with Crippen LogP contribution < -0.4 is 16.4 Å². The number of carbonyl (C=O) groups is 1. The van der Waals surface area contributed by atoms with Crippen molar-refractivity contribution in [2.24, 2.45) is 0 Å². The molecule has 3 atom stereocenters.